The summed E-state index contributed by atoms with van der Waals surface area (Å²) in [4.78, 5) is 2.43. The Bertz CT molecular complexity index is 424. The first-order valence-corrected chi connectivity index (χ1v) is 8.47. The summed E-state index contributed by atoms with van der Waals surface area (Å²) in [5.41, 5.74) is 7.24. The molecule has 4 nitrogen and oxygen atoms in total. The van der Waals surface area contributed by atoms with E-state index in [1.807, 2.05) is 12.1 Å². The van der Waals surface area contributed by atoms with Gasteiger partial charge in [0.1, 0.15) is 0 Å². The van der Waals surface area contributed by atoms with Crippen LogP contribution < -0.4 is 15.2 Å². The Balaban J connectivity index is 3.12. The summed E-state index contributed by atoms with van der Waals surface area (Å²) in [7, 11) is 1.68. The quantitative estimate of drug-likeness (QED) is 0.678. The minimum atomic E-state index is 0.165. The van der Waals surface area contributed by atoms with Crippen LogP contribution in [-0.2, 0) is 0 Å². The van der Waals surface area contributed by atoms with Crippen LogP contribution in [0.25, 0.3) is 0 Å². The van der Waals surface area contributed by atoms with E-state index >= 15 is 0 Å². The molecule has 2 N–H and O–H groups in total. The second kappa shape index (κ2) is 10.5. The van der Waals surface area contributed by atoms with Crippen molar-refractivity contribution in [3.63, 3.8) is 0 Å². The van der Waals surface area contributed by atoms with Gasteiger partial charge in [0.2, 0.25) is 0 Å². The lowest BCUT2D eigenvalue weighted by atomic mass is 10.0. The van der Waals surface area contributed by atoms with Crippen molar-refractivity contribution in [2.24, 2.45) is 5.73 Å². The molecule has 0 bridgehead atoms. The highest BCUT2D eigenvalue weighted by Crippen LogP contribution is 2.37. The van der Waals surface area contributed by atoms with E-state index in [1.54, 1.807) is 7.11 Å². The van der Waals surface area contributed by atoms with E-state index in [2.05, 4.69) is 31.7 Å². The van der Waals surface area contributed by atoms with Crippen LogP contribution >= 0.6 is 0 Å². The Labute approximate surface area is 135 Å². The zero-order valence-electron chi connectivity index (χ0n) is 14.6. The van der Waals surface area contributed by atoms with Crippen molar-refractivity contribution in [1.29, 1.82) is 0 Å². The van der Waals surface area contributed by atoms with Gasteiger partial charge in [0.05, 0.1) is 19.8 Å². The van der Waals surface area contributed by atoms with Gasteiger partial charge in [0, 0.05) is 12.1 Å². The smallest absolute Gasteiger partial charge is 0.165 e. The lowest BCUT2D eigenvalue weighted by molar-refractivity contribution is 0.200. The molecule has 0 saturated carbocycles. The number of likely N-dealkylation sites (N-methyl/N-ethyl adjacent to an activating group) is 1. The topological polar surface area (TPSA) is 47.7 Å². The van der Waals surface area contributed by atoms with Gasteiger partial charge in [-0.1, -0.05) is 39.3 Å². The molecular formula is C18H32N2O2. The first-order chi connectivity index (χ1) is 10.7. The molecular weight excluding hydrogens is 276 g/mol. The molecule has 0 saturated heterocycles. The van der Waals surface area contributed by atoms with E-state index in [9.17, 15) is 0 Å². The predicted molar refractivity (Wildman–Crippen MR) is 92.7 cm³/mol. The van der Waals surface area contributed by atoms with Crippen LogP contribution in [-0.4, -0.2) is 38.3 Å². The van der Waals surface area contributed by atoms with Gasteiger partial charge in [-0.25, -0.2) is 0 Å². The van der Waals surface area contributed by atoms with E-state index in [-0.39, 0.29) is 6.04 Å². The van der Waals surface area contributed by atoms with Gasteiger partial charge in [-0.15, -0.1) is 0 Å². The predicted octanol–water partition coefficient (Wildman–Crippen LogP) is 3.61. The van der Waals surface area contributed by atoms with Crippen molar-refractivity contribution < 1.29 is 9.47 Å². The third kappa shape index (κ3) is 4.89. The van der Waals surface area contributed by atoms with Gasteiger partial charge in [-0.2, -0.15) is 0 Å². The number of hydrogen-bond donors (Lipinski definition) is 1. The van der Waals surface area contributed by atoms with Gasteiger partial charge in [0.25, 0.3) is 0 Å². The first kappa shape index (κ1) is 18.8. The lowest BCUT2D eigenvalue weighted by Crippen LogP contribution is -2.34. The van der Waals surface area contributed by atoms with Crippen molar-refractivity contribution >= 4 is 0 Å². The van der Waals surface area contributed by atoms with E-state index in [4.69, 9.17) is 15.2 Å². The van der Waals surface area contributed by atoms with Crippen molar-refractivity contribution in [2.75, 3.05) is 33.4 Å². The molecule has 0 fully saturated rings. The van der Waals surface area contributed by atoms with Crippen LogP contribution in [0.5, 0.6) is 11.5 Å². The minimum absolute atomic E-state index is 0.165. The van der Waals surface area contributed by atoms with Gasteiger partial charge in [-0.05, 0) is 32.0 Å². The number of para-hydroxylation sites is 1. The Morgan fingerprint density at radius 1 is 1.18 bits per heavy atom. The number of ether oxygens (including phenoxy) is 2. The second-order valence-corrected chi connectivity index (χ2v) is 5.46. The van der Waals surface area contributed by atoms with E-state index in [1.165, 1.54) is 12.8 Å². The third-order valence-corrected chi connectivity index (χ3v) is 3.91. The molecule has 1 atom stereocenters. The summed E-state index contributed by atoms with van der Waals surface area (Å²) >= 11 is 0. The fraction of sp³-hybridized carbons (Fsp3) is 0.667. The number of methoxy groups -OCH3 is 1. The van der Waals surface area contributed by atoms with Gasteiger partial charge < -0.3 is 15.2 Å². The highest BCUT2D eigenvalue weighted by atomic mass is 16.5. The van der Waals surface area contributed by atoms with Crippen LogP contribution in [0.3, 0.4) is 0 Å². The SMILES string of the molecule is CCCCN(CC)C(CN)c1cccc(OC)c1OCCC. The van der Waals surface area contributed by atoms with Crippen molar-refractivity contribution in [1.82, 2.24) is 4.90 Å². The molecule has 1 aromatic carbocycles. The zero-order chi connectivity index (χ0) is 16.4. The number of rotatable bonds is 11. The summed E-state index contributed by atoms with van der Waals surface area (Å²) < 4.78 is 11.5. The molecule has 4 heteroatoms. The molecule has 0 radical (unpaired) electrons. The number of nitrogens with two attached hydrogens (primary N) is 1. The zero-order valence-corrected chi connectivity index (χ0v) is 14.6. The van der Waals surface area contributed by atoms with Crippen LogP contribution in [0.2, 0.25) is 0 Å². The first-order valence-electron chi connectivity index (χ1n) is 8.47. The summed E-state index contributed by atoms with van der Waals surface area (Å²) in [5, 5.41) is 0. The van der Waals surface area contributed by atoms with E-state index in [0.29, 0.717) is 13.2 Å². The van der Waals surface area contributed by atoms with E-state index in [0.717, 1.165) is 36.6 Å². The molecule has 1 rings (SSSR count). The average Bonchev–Trinajstić information content (AvgIpc) is 2.56. The molecule has 1 aromatic rings. The maximum atomic E-state index is 6.10. The second-order valence-electron chi connectivity index (χ2n) is 5.46. The molecule has 22 heavy (non-hydrogen) atoms. The van der Waals surface area contributed by atoms with Gasteiger partial charge >= 0.3 is 0 Å². The number of unbranched alkanes of at least 4 members (excludes halogenated alkanes) is 1. The van der Waals surface area contributed by atoms with Crippen LogP contribution in [0.15, 0.2) is 18.2 Å². The molecule has 0 amide bonds. The highest BCUT2D eigenvalue weighted by Gasteiger charge is 2.23. The summed E-state index contributed by atoms with van der Waals surface area (Å²) in [6, 6.07) is 6.24. The standard InChI is InChI=1S/C18H32N2O2/c1-5-8-12-20(7-3)16(14-19)15-10-9-11-17(21-4)18(15)22-13-6-2/h9-11,16H,5-8,12-14,19H2,1-4H3. The summed E-state index contributed by atoms with van der Waals surface area (Å²) in [6.45, 7) is 9.80. The maximum Gasteiger partial charge on any atom is 0.165 e. The molecule has 0 aliphatic rings. The summed E-state index contributed by atoms with van der Waals surface area (Å²) in [6.07, 6.45) is 3.34. The van der Waals surface area contributed by atoms with E-state index < -0.39 is 0 Å². The molecule has 0 aromatic heterocycles. The fourth-order valence-electron chi connectivity index (χ4n) is 2.68. The number of hydrogen-bond acceptors (Lipinski definition) is 4. The molecule has 0 heterocycles. The monoisotopic (exact) mass is 308 g/mol. The van der Waals surface area contributed by atoms with Crippen molar-refractivity contribution in [3.05, 3.63) is 23.8 Å². The Kier molecular flexibility index (Phi) is 8.94. The van der Waals surface area contributed by atoms with Gasteiger partial charge in [-0.3, -0.25) is 4.90 Å². The molecule has 0 aliphatic heterocycles. The fourth-order valence-corrected chi connectivity index (χ4v) is 2.68. The highest BCUT2D eigenvalue weighted by molar-refractivity contribution is 5.48. The molecule has 0 aliphatic carbocycles. The van der Waals surface area contributed by atoms with Crippen molar-refractivity contribution in [2.45, 2.75) is 46.1 Å². The largest absolute Gasteiger partial charge is 0.493 e. The Morgan fingerprint density at radius 2 is 1.95 bits per heavy atom. The van der Waals surface area contributed by atoms with Gasteiger partial charge in [0.15, 0.2) is 11.5 Å². The number of benzene rings is 1. The van der Waals surface area contributed by atoms with Crippen LogP contribution in [0.4, 0.5) is 0 Å². The third-order valence-electron chi connectivity index (χ3n) is 3.91. The molecule has 126 valence electrons. The normalized spacial score (nSPS) is 12.5. The Morgan fingerprint density at radius 3 is 2.50 bits per heavy atom. The molecule has 1 unspecified atom stereocenters. The van der Waals surface area contributed by atoms with Crippen molar-refractivity contribution in [3.8, 4) is 11.5 Å². The lowest BCUT2D eigenvalue weighted by Gasteiger charge is -2.31. The maximum absolute atomic E-state index is 6.10. The Hall–Kier alpha value is -1.26. The van der Waals surface area contributed by atoms with Crippen LogP contribution in [0.1, 0.15) is 51.6 Å². The van der Waals surface area contributed by atoms with Crippen LogP contribution in [0, 0.1) is 0 Å². The summed E-state index contributed by atoms with van der Waals surface area (Å²) in [5.74, 6) is 1.63. The number of nitrogens with zero attached hydrogens (tertiary/aromatic N) is 1. The average molecular weight is 308 g/mol. The minimum Gasteiger partial charge on any atom is -0.493 e. The molecule has 0 spiro atoms.